The van der Waals surface area contributed by atoms with Crippen molar-refractivity contribution in [3.63, 3.8) is 0 Å². The minimum atomic E-state index is -5.11. The normalized spacial score (nSPS) is 21.2. The molecule has 0 radical (unpaired) electrons. The molecule has 1 aliphatic heterocycles. The summed E-state index contributed by atoms with van der Waals surface area (Å²) >= 11 is 0. The summed E-state index contributed by atoms with van der Waals surface area (Å²) in [4.78, 5) is 13.1. The Hall–Kier alpha value is -1.46. The van der Waals surface area contributed by atoms with E-state index in [2.05, 4.69) is 47.7 Å². The van der Waals surface area contributed by atoms with Gasteiger partial charge >= 0.3 is 10.4 Å². The molecule has 366 valence electrons. The second-order valence-electron chi connectivity index (χ2n) is 17.5. The van der Waals surface area contributed by atoms with Crippen molar-refractivity contribution in [3.8, 4) is 0 Å². The van der Waals surface area contributed by atoms with E-state index in [1.807, 2.05) is 0 Å². The predicted molar refractivity (Wildman–Crippen MR) is 247 cm³/mol. The quantitative estimate of drug-likeness (QED) is 0.0174. The Balaban J connectivity index is 2.53. The first-order valence-corrected chi connectivity index (χ1v) is 26.2. The van der Waals surface area contributed by atoms with Crippen LogP contribution in [-0.4, -0.2) is 107 Å². The topological polar surface area (TPSA) is 212 Å². The summed E-state index contributed by atoms with van der Waals surface area (Å²) in [5.41, 5.74) is 0. The fourth-order valence-electron chi connectivity index (χ4n) is 7.91. The highest BCUT2D eigenvalue weighted by atomic mass is 32.3. The number of carbonyl (C=O) groups excluding carboxylic acids is 1. The van der Waals surface area contributed by atoms with Crippen LogP contribution in [0, 0.1) is 0 Å². The van der Waals surface area contributed by atoms with Crippen molar-refractivity contribution in [1.29, 1.82) is 0 Å². The van der Waals surface area contributed by atoms with Crippen LogP contribution >= 0.6 is 0 Å². The molecule has 1 amide bonds. The fraction of sp³-hybridized carbons (Fsp3) is 0.896. The molecule has 1 heterocycles. The second kappa shape index (κ2) is 38.8. The first kappa shape index (κ1) is 58.6. The summed E-state index contributed by atoms with van der Waals surface area (Å²) in [7, 11) is -5.11. The molecule has 13 nitrogen and oxygen atoms in total. The highest BCUT2D eigenvalue weighted by Crippen LogP contribution is 2.26. The number of aliphatic hydroxyl groups is 5. The van der Waals surface area contributed by atoms with Crippen molar-refractivity contribution in [2.75, 3.05) is 13.2 Å². The number of ether oxygens (including phenoxy) is 2. The monoisotopic (exact) mass is 906 g/mol. The van der Waals surface area contributed by atoms with Crippen molar-refractivity contribution in [2.45, 2.75) is 262 Å². The minimum absolute atomic E-state index is 0.249. The van der Waals surface area contributed by atoms with Crippen molar-refractivity contribution in [3.05, 3.63) is 24.3 Å². The molecular formula is C48H91NO12S. The molecule has 1 rings (SSSR count). The minimum Gasteiger partial charge on any atom is -0.394 e. The Bertz CT molecular complexity index is 1220. The van der Waals surface area contributed by atoms with Crippen molar-refractivity contribution >= 4 is 16.3 Å². The predicted octanol–water partition coefficient (Wildman–Crippen LogP) is 9.08. The number of unbranched alkanes of at least 4 members (excludes halogenated alkanes) is 25. The van der Waals surface area contributed by atoms with Gasteiger partial charge < -0.3 is 40.3 Å². The third-order valence-corrected chi connectivity index (χ3v) is 12.3. The van der Waals surface area contributed by atoms with Gasteiger partial charge in [0.2, 0.25) is 5.91 Å². The number of hydrogen-bond donors (Lipinski definition) is 7. The average Bonchev–Trinajstić information content (AvgIpc) is 3.24. The highest BCUT2D eigenvalue weighted by Gasteiger charge is 2.48. The van der Waals surface area contributed by atoms with Gasteiger partial charge in [-0.25, -0.2) is 4.18 Å². The zero-order valence-corrected chi connectivity index (χ0v) is 39.6. The Labute approximate surface area is 376 Å². The van der Waals surface area contributed by atoms with E-state index in [-0.39, 0.29) is 6.42 Å². The van der Waals surface area contributed by atoms with Crippen LogP contribution in [0.25, 0.3) is 0 Å². The van der Waals surface area contributed by atoms with Crippen LogP contribution in [0.2, 0.25) is 0 Å². The van der Waals surface area contributed by atoms with Gasteiger partial charge in [-0.1, -0.05) is 192 Å². The number of aliphatic hydroxyl groups excluding tert-OH is 5. The number of amides is 1. The molecule has 0 aromatic heterocycles. The number of hydrogen-bond acceptors (Lipinski definition) is 11. The van der Waals surface area contributed by atoms with Crippen molar-refractivity contribution in [1.82, 2.24) is 5.32 Å². The molecule has 0 aliphatic carbocycles. The highest BCUT2D eigenvalue weighted by molar-refractivity contribution is 7.80. The van der Waals surface area contributed by atoms with E-state index in [1.165, 1.54) is 103 Å². The lowest BCUT2D eigenvalue weighted by molar-refractivity contribution is -0.298. The van der Waals surface area contributed by atoms with Crippen molar-refractivity contribution in [2.24, 2.45) is 0 Å². The lowest BCUT2D eigenvalue weighted by atomic mass is 9.99. The third kappa shape index (κ3) is 30.6. The molecule has 0 bridgehead atoms. The van der Waals surface area contributed by atoms with Crippen LogP contribution in [0.15, 0.2) is 24.3 Å². The molecule has 1 fully saturated rings. The molecule has 1 saturated heterocycles. The summed E-state index contributed by atoms with van der Waals surface area (Å²) in [5.74, 6) is -0.677. The summed E-state index contributed by atoms with van der Waals surface area (Å²) in [6.45, 7) is 3.26. The molecule has 1 aliphatic rings. The summed E-state index contributed by atoms with van der Waals surface area (Å²) in [6.07, 6.45) is 32.1. The summed E-state index contributed by atoms with van der Waals surface area (Å²) < 4.78 is 47.6. The maximum absolute atomic E-state index is 13.1. The van der Waals surface area contributed by atoms with Crippen molar-refractivity contribution < 1.29 is 57.0 Å². The Morgan fingerprint density at radius 3 is 1.56 bits per heavy atom. The van der Waals surface area contributed by atoms with Crippen LogP contribution in [0.5, 0.6) is 0 Å². The smallest absolute Gasteiger partial charge is 0.394 e. The molecular weight excluding hydrogens is 815 g/mol. The maximum atomic E-state index is 13.1. The largest absolute Gasteiger partial charge is 0.397 e. The molecule has 0 saturated carbocycles. The Kier molecular flexibility index (Phi) is 36.6. The van der Waals surface area contributed by atoms with E-state index in [0.29, 0.717) is 19.3 Å². The summed E-state index contributed by atoms with van der Waals surface area (Å²) in [6, 6.07) is -1.04. The summed E-state index contributed by atoms with van der Waals surface area (Å²) in [5, 5.41) is 55.5. The van der Waals surface area contributed by atoms with E-state index in [0.717, 1.165) is 70.6 Å². The van der Waals surface area contributed by atoms with Crippen LogP contribution in [0.4, 0.5) is 0 Å². The SMILES string of the molecule is CCCCC/C=C\C/C=C\CCCCCCCCC(O)C(=O)NC(COC1OC(CO)C(O)C(OS(=O)(=O)O)C1O)C(O)CCCCCCCCCCCCCCCCCCC. The average molecular weight is 906 g/mol. The lowest BCUT2D eigenvalue weighted by Crippen LogP contribution is -2.61. The van der Waals surface area contributed by atoms with E-state index < -0.39 is 78.5 Å². The van der Waals surface area contributed by atoms with Gasteiger partial charge in [0.25, 0.3) is 0 Å². The first-order chi connectivity index (χ1) is 29.9. The van der Waals surface area contributed by atoms with Crippen LogP contribution < -0.4 is 5.32 Å². The molecule has 8 atom stereocenters. The van der Waals surface area contributed by atoms with E-state index in [4.69, 9.17) is 9.47 Å². The van der Waals surface area contributed by atoms with E-state index >= 15 is 0 Å². The number of rotatable bonds is 42. The fourth-order valence-corrected chi connectivity index (χ4v) is 8.42. The maximum Gasteiger partial charge on any atom is 0.397 e. The molecule has 0 spiro atoms. The zero-order chi connectivity index (χ0) is 45.7. The van der Waals surface area contributed by atoms with Crippen LogP contribution in [0.1, 0.15) is 213 Å². The van der Waals surface area contributed by atoms with Gasteiger partial charge in [-0.05, 0) is 44.9 Å². The van der Waals surface area contributed by atoms with E-state index in [1.54, 1.807) is 0 Å². The molecule has 0 aromatic carbocycles. The van der Waals surface area contributed by atoms with Gasteiger partial charge in [-0.2, -0.15) is 8.42 Å². The third-order valence-electron chi connectivity index (χ3n) is 11.9. The number of carbonyl (C=O) groups is 1. The number of allylic oxidation sites excluding steroid dienone is 4. The first-order valence-electron chi connectivity index (χ1n) is 24.8. The molecule has 7 N–H and O–H groups in total. The van der Waals surface area contributed by atoms with E-state index in [9.17, 15) is 43.3 Å². The van der Waals surface area contributed by atoms with Gasteiger partial charge in [-0.15, -0.1) is 0 Å². The molecule has 62 heavy (non-hydrogen) atoms. The molecule has 8 unspecified atom stereocenters. The van der Waals surface area contributed by atoms with Gasteiger partial charge in [0, 0.05) is 0 Å². The van der Waals surface area contributed by atoms with Crippen LogP contribution in [-0.2, 0) is 28.9 Å². The second-order valence-corrected chi connectivity index (χ2v) is 18.6. The van der Waals surface area contributed by atoms with Gasteiger partial charge in [0.15, 0.2) is 6.29 Å². The Morgan fingerprint density at radius 2 is 1.08 bits per heavy atom. The molecule has 14 heteroatoms. The zero-order valence-electron chi connectivity index (χ0n) is 38.8. The standard InChI is InChI=1S/C48H91NO12S/c1-3-5-7-9-11-13-15-17-19-21-23-24-26-28-30-32-34-36-41(51)40(39-59-48-45(54)46(61-62(56,57)58)44(53)43(38-50)60-48)49-47(55)42(52)37-35-33-31-29-27-25-22-20-18-16-14-12-10-8-6-4-2/h12,14,18,20,40-46,48,50-54H,3-11,13,15-17,19,21-39H2,1-2H3,(H,49,55)(H,56,57,58)/b14-12-,20-18-. The van der Waals surface area contributed by atoms with Crippen LogP contribution in [0.3, 0.4) is 0 Å². The Morgan fingerprint density at radius 1 is 0.645 bits per heavy atom. The lowest BCUT2D eigenvalue weighted by Gasteiger charge is -2.41. The van der Waals surface area contributed by atoms with Gasteiger partial charge in [-0.3, -0.25) is 9.35 Å². The number of nitrogens with one attached hydrogen (secondary N) is 1. The molecule has 0 aromatic rings. The van der Waals surface area contributed by atoms with Gasteiger partial charge in [0.1, 0.15) is 30.5 Å². The van der Waals surface area contributed by atoms with Gasteiger partial charge in [0.05, 0.1) is 25.4 Å².